The molecule has 3 fully saturated rings. The molecule has 0 bridgehead atoms. The molecule has 29 heavy (non-hydrogen) atoms. The highest BCUT2D eigenvalue weighted by Gasteiger charge is 2.59. The Bertz CT molecular complexity index is 624. The maximum Gasteiger partial charge on any atom is 0.0577 e. The summed E-state index contributed by atoms with van der Waals surface area (Å²) in [6.07, 6.45) is 14.1. The first-order valence-corrected chi connectivity index (χ1v) is 12.7. The minimum atomic E-state index is -0.133. The fourth-order valence-electron chi connectivity index (χ4n) is 8.58. The van der Waals surface area contributed by atoms with Crippen molar-refractivity contribution < 1.29 is 10.2 Å². The van der Waals surface area contributed by atoms with Crippen molar-refractivity contribution in [3.05, 3.63) is 11.6 Å². The zero-order valence-electron chi connectivity index (χ0n) is 19.7. The number of hydrogen-bond acceptors (Lipinski definition) is 2. The maximum absolute atomic E-state index is 11.0. The Hall–Kier alpha value is -0.340. The molecule has 3 saturated carbocycles. The van der Waals surface area contributed by atoms with Crippen LogP contribution >= 0.6 is 0 Å². The second kappa shape index (κ2) is 7.97. The molecule has 166 valence electrons. The van der Waals surface area contributed by atoms with Gasteiger partial charge in [-0.1, -0.05) is 46.3 Å². The van der Waals surface area contributed by atoms with E-state index >= 15 is 0 Å². The Morgan fingerprint density at radius 2 is 1.76 bits per heavy atom. The Balaban J connectivity index is 1.51. The fraction of sp³-hybridized carbons (Fsp3) is 0.926. The lowest BCUT2D eigenvalue weighted by Crippen LogP contribution is -2.51. The van der Waals surface area contributed by atoms with E-state index in [1.807, 2.05) is 0 Å². The molecule has 9 atom stereocenters. The normalized spacial score (nSPS) is 46.5. The second-order valence-electron chi connectivity index (χ2n) is 12.3. The molecule has 4 rings (SSSR count). The molecule has 0 saturated heterocycles. The van der Waals surface area contributed by atoms with Gasteiger partial charge < -0.3 is 10.2 Å². The van der Waals surface area contributed by atoms with Crippen LogP contribution in [0.5, 0.6) is 0 Å². The van der Waals surface area contributed by atoms with Gasteiger partial charge in [0.2, 0.25) is 0 Å². The van der Waals surface area contributed by atoms with Crippen molar-refractivity contribution in [1.82, 2.24) is 0 Å². The Morgan fingerprint density at radius 1 is 1.00 bits per heavy atom. The molecule has 0 spiro atoms. The monoisotopic (exact) mass is 402 g/mol. The van der Waals surface area contributed by atoms with Gasteiger partial charge in [-0.3, -0.25) is 0 Å². The number of allylic oxidation sites excluding steroid dienone is 1. The molecule has 0 aliphatic heterocycles. The topological polar surface area (TPSA) is 40.5 Å². The van der Waals surface area contributed by atoms with Crippen LogP contribution in [-0.4, -0.2) is 22.4 Å². The number of aliphatic hydroxyl groups is 2. The lowest BCUT2D eigenvalue weighted by molar-refractivity contribution is -0.0681. The smallest absolute Gasteiger partial charge is 0.0577 e. The van der Waals surface area contributed by atoms with Gasteiger partial charge in [0.25, 0.3) is 0 Å². The van der Waals surface area contributed by atoms with Crippen molar-refractivity contribution in [3.63, 3.8) is 0 Å². The van der Waals surface area contributed by atoms with E-state index in [1.54, 1.807) is 5.57 Å². The molecule has 2 N–H and O–H groups in total. The summed E-state index contributed by atoms with van der Waals surface area (Å²) in [5.41, 5.74) is 2.33. The summed E-state index contributed by atoms with van der Waals surface area (Å²) in [4.78, 5) is 0. The van der Waals surface area contributed by atoms with Gasteiger partial charge in [-0.25, -0.2) is 0 Å². The SMILES string of the molecule is CC(C)CCC(O)[C@H](C)[C@H]1CC[C@H]2[C@@H]3CC=C4C[C@@H](O)CC[C@]4(C)[C@H]3CC[C@@]12C. The largest absolute Gasteiger partial charge is 0.393 e. The molecule has 2 nitrogen and oxygen atoms in total. The number of hydrogen-bond donors (Lipinski definition) is 2. The van der Waals surface area contributed by atoms with Crippen molar-refractivity contribution in [2.75, 3.05) is 0 Å². The van der Waals surface area contributed by atoms with Crippen LogP contribution in [0.3, 0.4) is 0 Å². The minimum Gasteiger partial charge on any atom is -0.393 e. The maximum atomic E-state index is 11.0. The van der Waals surface area contributed by atoms with Crippen LogP contribution in [-0.2, 0) is 0 Å². The van der Waals surface area contributed by atoms with E-state index < -0.39 is 0 Å². The van der Waals surface area contributed by atoms with E-state index in [4.69, 9.17) is 0 Å². The van der Waals surface area contributed by atoms with Gasteiger partial charge in [0, 0.05) is 0 Å². The molecule has 1 unspecified atom stereocenters. The molecular weight excluding hydrogens is 356 g/mol. The van der Waals surface area contributed by atoms with Crippen LogP contribution in [0.2, 0.25) is 0 Å². The van der Waals surface area contributed by atoms with E-state index in [0.717, 1.165) is 43.4 Å². The molecule has 0 heterocycles. The molecule has 0 aromatic rings. The van der Waals surface area contributed by atoms with Crippen LogP contribution in [0.15, 0.2) is 11.6 Å². The molecular formula is C27H46O2. The van der Waals surface area contributed by atoms with E-state index in [2.05, 4.69) is 40.7 Å². The van der Waals surface area contributed by atoms with E-state index in [9.17, 15) is 10.2 Å². The molecule has 0 aromatic heterocycles. The lowest BCUT2D eigenvalue weighted by Gasteiger charge is -2.58. The first-order valence-electron chi connectivity index (χ1n) is 12.7. The summed E-state index contributed by atoms with van der Waals surface area (Å²) >= 11 is 0. The summed E-state index contributed by atoms with van der Waals surface area (Å²) in [6, 6.07) is 0. The van der Waals surface area contributed by atoms with Crippen molar-refractivity contribution in [2.24, 2.45) is 46.3 Å². The summed E-state index contributed by atoms with van der Waals surface area (Å²) in [5, 5.41) is 21.2. The van der Waals surface area contributed by atoms with Crippen LogP contribution in [0.4, 0.5) is 0 Å². The Labute approximate surface area is 179 Å². The standard InChI is InChI=1S/C27H46O2/c1-17(2)6-11-25(29)18(3)22-9-10-23-21-8-7-19-16-20(28)12-14-26(19,4)24(21)13-15-27(22,23)5/h7,17-18,20-25,28-29H,6,8-16H2,1-5H3/t18-,20+,21+,22-,23+,24+,25?,26+,27+/m1/s1. The van der Waals surface area contributed by atoms with Crippen molar-refractivity contribution in [3.8, 4) is 0 Å². The van der Waals surface area contributed by atoms with Crippen molar-refractivity contribution in [2.45, 2.75) is 111 Å². The predicted molar refractivity (Wildman–Crippen MR) is 120 cm³/mol. The minimum absolute atomic E-state index is 0.108. The average molecular weight is 403 g/mol. The summed E-state index contributed by atoms with van der Waals surface area (Å²) in [5.74, 6) is 4.25. The van der Waals surface area contributed by atoms with Crippen LogP contribution in [0.25, 0.3) is 0 Å². The first-order chi connectivity index (χ1) is 13.7. The van der Waals surface area contributed by atoms with E-state index in [1.165, 1.54) is 38.5 Å². The summed E-state index contributed by atoms with van der Waals surface area (Å²) in [7, 11) is 0. The van der Waals surface area contributed by atoms with Gasteiger partial charge >= 0.3 is 0 Å². The fourth-order valence-corrected chi connectivity index (χ4v) is 8.58. The van der Waals surface area contributed by atoms with Crippen LogP contribution < -0.4 is 0 Å². The van der Waals surface area contributed by atoms with Crippen molar-refractivity contribution in [1.29, 1.82) is 0 Å². The Kier molecular flexibility index (Phi) is 6.01. The van der Waals surface area contributed by atoms with Crippen LogP contribution in [0, 0.1) is 46.3 Å². The van der Waals surface area contributed by atoms with Gasteiger partial charge in [-0.15, -0.1) is 0 Å². The first kappa shape index (κ1) is 21.9. The van der Waals surface area contributed by atoms with Gasteiger partial charge in [-0.05, 0) is 111 Å². The third kappa shape index (κ3) is 3.65. The lowest BCUT2D eigenvalue weighted by atomic mass is 9.47. The molecule has 4 aliphatic rings. The molecule has 0 radical (unpaired) electrons. The van der Waals surface area contributed by atoms with E-state index in [0.29, 0.717) is 28.6 Å². The zero-order chi connectivity index (χ0) is 21.0. The highest BCUT2D eigenvalue weighted by molar-refractivity contribution is 5.25. The highest BCUT2D eigenvalue weighted by Crippen LogP contribution is 2.67. The van der Waals surface area contributed by atoms with Gasteiger partial charge in [0.05, 0.1) is 12.2 Å². The second-order valence-corrected chi connectivity index (χ2v) is 12.3. The van der Waals surface area contributed by atoms with E-state index in [-0.39, 0.29) is 12.2 Å². The molecule has 0 amide bonds. The highest BCUT2D eigenvalue weighted by atomic mass is 16.3. The van der Waals surface area contributed by atoms with Gasteiger partial charge in [0.1, 0.15) is 0 Å². The zero-order valence-corrected chi connectivity index (χ0v) is 19.7. The third-order valence-electron chi connectivity index (χ3n) is 10.4. The van der Waals surface area contributed by atoms with Crippen LogP contribution in [0.1, 0.15) is 98.8 Å². The van der Waals surface area contributed by atoms with Gasteiger partial charge in [-0.2, -0.15) is 0 Å². The number of aliphatic hydroxyl groups excluding tert-OH is 2. The average Bonchev–Trinajstić information content (AvgIpc) is 3.03. The van der Waals surface area contributed by atoms with Crippen molar-refractivity contribution >= 4 is 0 Å². The summed E-state index contributed by atoms with van der Waals surface area (Å²) in [6.45, 7) is 12.0. The number of fused-ring (bicyclic) bond motifs is 5. The predicted octanol–water partition coefficient (Wildman–Crippen LogP) is 6.36. The number of rotatable bonds is 5. The molecule has 0 aromatic carbocycles. The molecule has 4 aliphatic carbocycles. The third-order valence-corrected chi connectivity index (χ3v) is 10.4. The quantitative estimate of drug-likeness (QED) is 0.525. The Morgan fingerprint density at radius 3 is 2.48 bits per heavy atom. The molecule has 2 heteroatoms. The van der Waals surface area contributed by atoms with Gasteiger partial charge in [0.15, 0.2) is 0 Å². The summed E-state index contributed by atoms with van der Waals surface area (Å²) < 4.78 is 0.